The molecule has 0 nitrogen and oxygen atoms in total. The predicted octanol–water partition coefficient (Wildman–Crippen LogP) is 2.19. The Morgan fingerprint density at radius 2 is 2.25 bits per heavy atom. The fraction of sp³-hybridized carbons (Fsp3) is 0.600. The van der Waals surface area contributed by atoms with Gasteiger partial charge in [-0.05, 0) is 6.42 Å². The van der Waals surface area contributed by atoms with E-state index in [-0.39, 0.29) is 0 Å². The molecular weight excluding hydrogens is 156 g/mol. The van der Waals surface area contributed by atoms with Crippen LogP contribution in [0.5, 0.6) is 0 Å². The smallest absolute Gasteiger partial charge is 0.0663 e. The lowest BCUT2D eigenvalue weighted by Gasteiger charge is -2.15. The Labute approximate surface area is 64.9 Å². The van der Waals surface area contributed by atoms with Crippen LogP contribution in [-0.2, 0) is 0 Å². The van der Waals surface area contributed by atoms with E-state index in [1.807, 2.05) is 0 Å². The molecule has 2 unspecified atom stereocenters. The molecule has 0 aromatic heterocycles. The summed E-state index contributed by atoms with van der Waals surface area (Å²) in [6, 6.07) is 0. The van der Waals surface area contributed by atoms with Crippen molar-refractivity contribution in [3.63, 3.8) is 0 Å². The van der Waals surface area contributed by atoms with Crippen molar-refractivity contribution < 1.29 is 0 Å². The van der Waals surface area contributed by atoms with E-state index < -0.39 is 0 Å². The zero-order valence-corrected chi connectivity index (χ0v) is 6.92. The molecule has 1 rings (SSSR count). The Morgan fingerprint density at radius 3 is 2.62 bits per heavy atom. The molecule has 46 valence electrons. The minimum absolute atomic E-state index is 0.367. The monoisotopic (exact) mass is 164 g/mol. The second kappa shape index (κ2) is 3.08. The lowest BCUT2D eigenvalue weighted by Crippen LogP contribution is -2.01. The van der Waals surface area contributed by atoms with Crippen LogP contribution in [0.25, 0.3) is 0 Å². The summed E-state index contributed by atoms with van der Waals surface area (Å²) < 4.78 is 0.828. The minimum atomic E-state index is 0.367. The standard InChI is InChI=1S/C5H8S3/c6-4-2-1-3-5(7)8-4/h1-2,4-7H,3H2. The maximum absolute atomic E-state index is 4.28. The van der Waals surface area contributed by atoms with Crippen molar-refractivity contribution in [1.29, 1.82) is 0 Å². The van der Waals surface area contributed by atoms with Gasteiger partial charge in [0.2, 0.25) is 0 Å². The topological polar surface area (TPSA) is 0 Å². The maximum Gasteiger partial charge on any atom is 0.0663 e. The summed E-state index contributed by atoms with van der Waals surface area (Å²) in [4.78, 5) is 0. The van der Waals surface area contributed by atoms with Gasteiger partial charge in [0, 0.05) is 0 Å². The molecule has 0 aromatic rings. The van der Waals surface area contributed by atoms with Gasteiger partial charge in [-0.15, -0.1) is 11.8 Å². The number of hydrogen-bond acceptors (Lipinski definition) is 3. The molecule has 0 saturated heterocycles. The SMILES string of the molecule is SC1C=CCC(S)S1. The largest absolute Gasteiger partial charge is 0.165 e. The third-order valence-electron chi connectivity index (χ3n) is 0.935. The van der Waals surface area contributed by atoms with Gasteiger partial charge in [-0.3, -0.25) is 0 Å². The van der Waals surface area contributed by atoms with Gasteiger partial charge in [0.05, 0.1) is 9.16 Å². The molecule has 8 heavy (non-hydrogen) atoms. The van der Waals surface area contributed by atoms with Crippen LogP contribution in [0.1, 0.15) is 6.42 Å². The number of rotatable bonds is 0. The molecule has 1 aliphatic heterocycles. The van der Waals surface area contributed by atoms with E-state index >= 15 is 0 Å². The molecule has 0 aromatic carbocycles. The molecule has 2 atom stereocenters. The zero-order valence-electron chi connectivity index (χ0n) is 4.32. The summed E-state index contributed by atoms with van der Waals surface area (Å²) in [5.41, 5.74) is 0. The molecule has 0 aliphatic carbocycles. The highest BCUT2D eigenvalue weighted by Crippen LogP contribution is 2.30. The molecule has 1 aliphatic rings. The first kappa shape index (κ1) is 6.90. The molecule has 0 amide bonds. The van der Waals surface area contributed by atoms with Crippen LogP contribution in [0.15, 0.2) is 12.2 Å². The number of thiol groups is 2. The fourth-order valence-corrected chi connectivity index (χ4v) is 2.68. The van der Waals surface area contributed by atoms with Crippen LogP contribution in [0, 0.1) is 0 Å². The Balaban J connectivity index is 2.42. The van der Waals surface area contributed by atoms with Gasteiger partial charge in [-0.1, -0.05) is 12.2 Å². The van der Waals surface area contributed by atoms with Crippen LogP contribution in [0.2, 0.25) is 0 Å². The highest BCUT2D eigenvalue weighted by molar-refractivity contribution is 8.17. The van der Waals surface area contributed by atoms with Crippen molar-refractivity contribution >= 4 is 37.0 Å². The molecular formula is C5H8S3. The molecule has 0 spiro atoms. The summed E-state index contributed by atoms with van der Waals surface area (Å²) >= 11 is 10.3. The maximum atomic E-state index is 4.28. The van der Waals surface area contributed by atoms with E-state index in [1.54, 1.807) is 11.8 Å². The lowest BCUT2D eigenvalue weighted by atomic mass is 10.4. The Hall–Kier alpha value is 0.790. The molecule has 1 heterocycles. The van der Waals surface area contributed by atoms with E-state index in [0.717, 1.165) is 6.42 Å². The van der Waals surface area contributed by atoms with Gasteiger partial charge < -0.3 is 0 Å². The first-order valence-corrected chi connectivity index (χ1v) is 4.45. The summed E-state index contributed by atoms with van der Waals surface area (Å²) in [5.74, 6) is 0. The van der Waals surface area contributed by atoms with Crippen LogP contribution in [0.4, 0.5) is 0 Å². The van der Waals surface area contributed by atoms with Gasteiger partial charge in [0.15, 0.2) is 0 Å². The first-order valence-electron chi connectivity index (χ1n) is 2.47. The third-order valence-corrected chi connectivity index (χ3v) is 2.99. The van der Waals surface area contributed by atoms with Crippen LogP contribution >= 0.6 is 37.0 Å². The molecule has 0 N–H and O–H groups in total. The van der Waals surface area contributed by atoms with Crippen LogP contribution in [0.3, 0.4) is 0 Å². The van der Waals surface area contributed by atoms with Crippen molar-refractivity contribution in [2.24, 2.45) is 0 Å². The van der Waals surface area contributed by atoms with Crippen molar-refractivity contribution in [1.82, 2.24) is 0 Å². The zero-order chi connectivity index (χ0) is 5.98. The van der Waals surface area contributed by atoms with Gasteiger partial charge >= 0.3 is 0 Å². The van der Waals surface area contributed by atoms with E-state index in [9.17, 15) is 0 Å². The van der Waals surface area contributed by atoms with E-state index in [2.05, 4.69) is 37.4 Å². The number of hydrogen-bond donors (Lipinski definition) is 2. The van der Waals surface area contributed by atoms with Gasteiger partial charge in [0.1, 0.15) is 0 Å². The van der Waals surface area contributed by atoms with E-state index in [4.69, 9.17) is 0 Å². The van der Waals surface area contributed by atoms with Crippen LogP contribution < -0.4 is 0 Å². The minimum Gasteiger partial charge on any atom is -0.165 e. The van der Waals surface area contributed by atoms with Gasteiger partial charge in [-0.25, -0.2) is 0 Å². The normalized spacial score (nSPS) is 37.8. The molecule has 0 fully saturated rings. The third kappa shape index (κ3) is 1.96. The quantitative estimate of drug-likeness (QED) is 0.409. The van der Waals surface area contributed by atoms with Gasteiger partial charge in [-0.2, -0.15) is 25.3 Å². The van der Waals surface area contributed by atoms with E-state index in [0.29, 0.717) is 9.16 Å². The van der Waals surface area contributed by atoms with Crippen molar-refractivity contribution in [2.45, 2.75) is 15.6 Å². The van der Waals surface area contributed by atoms with Gasteiger partial charge in [0.25, 0.3) is 0 Å². The summed E-state index contributed by atoms with van der Waals surface area (Å²) in [5, 5.41) is 0. The van der Waals surface area contributed by atoms with Crippen molar-refractivity contribution in [3.05, 3.63) is 12.2 Å². The van der Waals surface area contributed by atoms with Crippen molar-refractivity contribution in [3.8, 4) is 0 Å². The predicted molar refractivity (Wildman–Crippen MR) is 46.9 cm³/mol. The Morgan fingerprint density at radius 1 is 1.50 bits per heavy atom. The molecule has 0 saturated carbocycles. The molecule has 0 bridgehead atoms. The highest BCUT2D eigenvalue weighted by atomic mass is 32.2. The van der Waals surface area contributed by atoms with E-state index in [1.165, 1.54) is 0 Å². The van der Waals surface area contributed by atoms with Crippen molar-refractivity contribution in [2.75, 3.05) is 0 Å². The highest BCUT2D eigenvalue weighted by Gasteiger charge is 2.10. The average Bonchev–Trinajstić information content (AvgIpc) is 1.64. The molecule has 0 radical (unpaired) electrons. The Kier molecular flexibility index (Phi) is 2.66. The summed E-state index contributed by atoms with van der Waals surface area (Å²) in [6.45, 7) is 0. The molecule has 3 heteroatoms. The second-order valence-corrected chi connectivity index (χ2v) is 4.87. The van der Waals surface area contributed by atoms with Crippen LogP contribution in [-0.4, -0.2) is 9.16 Å². The summed E-state index contributed by atoms with van der Waals surface area (Å²) in [7, 11) is 0. The first-order chi connectivity index (χ1) is 3.79. The Bertz CT molecular complexity index is 99.8. The number of allylic oxidation sites excluding steroid dienone is 1. The fourth-order valence-electron chi connectivity index (χ4n) is 0.573. The number of thioether (sulfide) groups is 1. The second-order valence-electron chi connectivity index (χ2n) is 1.65. The lowest BCUT2D eigenvalue weighted by molar-refractivity contribution is 1.16. The average molecular weight is 164 g/mol. The summed E-state index contributed by atoms with van der Waals surface area (Å²) in [6.07, 6.45) is 5.30.